The molecule has 0 heterocycles. The number of aldehydes is 1. The highest BCUT2D eigenvalue weighted by atomic mass is 16.2. The Hall–Kier alpha value is -0.660. The molecule has 0 amide bonds. The molecule has 0 aliphatic rings. The third-order valence-electron chi connectivity index (χ3n) is 2.68. The number of Topliss-reactive ketones (excluding diaryl/α,β-unsaturated/α-hetero) is 1. The summed E-state index contributed by atoms with van der Waals surface area (Å²) in [6.07, 6.45) is 7.23. The van der Waals surface area contributed by atoms with E-state index in [2.05, 4.69) is 6.92 Å². The topological polar surface area (TPSA) is 34.1 Å². The summed E-state index contributed by atoms with van der Waals surface area (Å²) in [6, 6.07) is 0. The van der Waals surface area contributed by atoms with Gasteiger partial charge in [0.05, 0.1) is 0 Å². The van der Waals surface area contributed by atoms with Gasteiger partial charge in [-0.1, -0.05) is 52.9 Å². The lowest BCUT2D eigenvalue weighted by Gasteiger charge is -2.19. The quantitative estimate of drug-likeness (QED) is 0.341. The van der Waals surface area contributed by atoms with Crippen LogP contribution < -0.4 is 0 Å². The lowest BCUT2D eigenvalue weighted by molar-refractivity contribution is -0.135. The van der Waals surface area contributed by atoms with Crippen molar-refractivity contribution in [3.63, 3.8) is 0 Å². The molecule has 0 rings (SSSR count). The van der Waals surface area contributed by atoms with Gasteiger partial charge in [-0.15, -0.1) is 0 Å². The fourth-order valence-electron chi connectivity index (χ4n) is 1.45. The van der Waals surface area contributed by atoms with E-state index in [1.54, 1.807) is 0 Å². The van der Waals surface area contributed by atoms with Crippen LogP contribution in [-0.4, -0.2) is 12.1 Å². The van der Waals surface area contributed by atoms with Crippen molar-refractivity contribution in [1.82, 2.24) is 0 Å². The SMILES string of the molecule is CCCCCCCC(C)(C)C(=O)C=O. The summed E-state index contributed by atoms with van der Waals surface area (Å²) in [5.74, 6) is -0.270. The van der Waals surface area contributed by atoms with Gasteiger partial charge in [0.25, 0.3) is 0 Å². The summed E-state index contributed by atoms with van der Waals surface area (Å²) in [5.41, 5.74) is -0.450. The summed E-state index contributed by atoms with van der Waals surface area (Å²) >= 11 is 0. The molecule has 0 N–H and O–H groups in total. The van der Waals surface area contributed by atoms with Gasteiger partial charge in [0.1, 0.15) is 0 Å². The Morgan fingerprint density at radius 2 is 1.71 bits per heavy atom. The van der Waals surface area contributed by atoms with Gasteiger partial charge in [-0.25, -0.2) is 0 Å². The van der Waals surface area contributed by atoms with Crippen molar-refractivity contribution < 1.29 is 9.59 Å². The maximum Gasteiger partial charge on any atom is 0.200 e. The van der Waals surface area contributed by atoms with Crippen LogP contribution in [0.3, 0.4) is 0 Å². The zero-order chi connectivity index (χ0) is 11.0. The molecule has 0 aromatic heterocycles. The van der Waals surface area contributed by atoms with E-state index in [1.807, 2.05) is 13.8 Å². The smallest absolute Gasteiger partial charge is 0.200 e. The Morgan fingerprint density at radius 3 is 2.21 bits per heavy atom. The average Bonchev–Trinajstić information content (AvgIpc) is 2.16. The maximum atomic E-state index is 11.2. The van der Waals surface area contributed by atoms with Gasteiger partial charge in [0.2, 0.25) is 5.78 Å². The molecule has 0 atom stereocenters. The van der Waals surface area contributed by atoms with Crippen LogP contribution in [-0.2, 0) is 9.59 Å². The van der Waals surface area contributed by atoms with Crippen LogP contribution in [0.2, 0.25) is 0 Å². The molecular formula is C12H22O2. The van der Waals surface area contributed by atoms with Crippen molar-refractivity contribution in [2.24, 2.45) is 5.41 Å². The van der Waals surface area contributed by atoms with Crippen molar-refractivity contribution in [1.29, 1.82) is 0 Å². The maximum absolute atomic E-state index is 11.2. The fraction of sp³-hybridized carbons (Fsp3) is 0.833. The van der Waals surface area contributed by atoms with E-state index in [4.69, 9.17) is 0 Å². The standard InChI is InChI=1S/C12H22O2/c1-4-5-6-7-8-9-12(2,3)11(14)10-13/h10H,4-9H2,1-3H3. The third kappa shape index (κ3) is 5.15. The first-order valence-electron chi connectivity index (χ1n) is 5.54. The minimum Gasteiger partial charge on any atom is -0.295 e. The summed E-state index contributed by atoms with van der Waals surface area (Å²) in [6.45, 7) is 5.88. The van der Waals surface area contributed by atoms with E-state index in [0.717, 1.165) is 12.8 Å². The largest absolute Gasteiger partial charge is 0.295 e. The first kappa shape index (κ1) is 13.3. The van der Waals surface area contributed by atoms with Gasteiger partial charge in [0.15, 0.2) is 6.29 Å². The Labute approximate surface area is 87.1 Å². The predicted octanol–water partition coefficient (Wildman–Crippen LogP) is 3.14. The van der Waals surface area contributed by atoms with E-state index >= 15 is 0 Å². The summed E-state index contributed by atoms with van der Waals surface area (Å²) in [5, 5.41) is 0. The first-order chi connectivity index (χ1) is 6.54. The average molecular weight is 198 g/mol. The van der Waals surface area contributed by atoms with E-state index in [9.17, 15) is 9.59 Å². The van der Waals surface area contributed by atoms with Crippen molar-refractivity contribution >= 4 is 12.1 Å². The van der Waals surface area contributed by atoms with Crippen LogP contribution >= 0.6 is 0 Å². The van der Waals surface area contributed by atoms with E-state index in [0.29, 0.717) is 6.29 Å². The Morgan fingerprint density at radius 1 is 1.14 bits per heavy atom. The predicted molar refractivity (Wildman–Crippen MR) is 58.2 cm³/mol. The molecule has 2 heteroatoms. The summed E-state index contributed by atoms with van der Waals surface area (Å²) < 4.78 is 0. The van der Waals surface area contributed by atoms with E-state index in [1.165, 1.54) is 25.7 Å². The Kier molecular flexibility index (Phi) is 6.43. The van der Waals surface area contributed by atoms with Gasteiger partial charge >= 0.3 is 0 Å². The third-order valence-corrected chi connectivity index (χ3v) is 2.68. The lowest BCUT2D eigenvalue weighted by Crippen LogP contribution is -2.24. The second kappa shape index (κ2) is 6.74. The van der Waals surface area contributed by atoms with Gasteiger partial charge in [-0.05, 0) is 6.42 Å². The number of rotatable bonds is 8. The Bertz CT molecular complexity index is 183. The van der Waals surface area contributed by atoms with Gasteiger partial charge in [0, 0.05) is 5.41 Å². The summed E-state index contributed by atoms with van der Waals surface area (Å²) in [4.78, 5) is 21.5. The second-order valence-electron chi connectivity index (χ2n) is 4.53. The van der Waals surface area contributed by atoms with Crippen molar-refractivity contribution in [2.45, 2.75) is 59.3 Å². The van der Waals surface area contributed by atoms with Crippen LogP contribution in [0.4, 0.5) is 0 Å². The van der Waals surface area contributed by atoms with Crippen LogP contribution in [0.1, 0.15) is 59.3 Å². The molecule has 0 fully saturated rings. The summed E-state index contributed by atoms with van der Waals surface area (Å²) in [7, 11) is 0. The number of hydrogen-bond donors (Lipinski definition) is 0. The molecule has 0 bridgehead atoms. The van der Waals surface area contributed by atoms with Crippen molar-refractivity contribution in [2.75, 3.05) is 0 Å². The normalized spacial score (nSPS) is 11.4. The Balaban J connectivity index is 3.65. The highest BCUT2D eigenvalue weighted by Crippen LogP contribution is 2.24. The molecule has 82 valence electrons. The number of hydrogen-bond acceptors (Lipinski definition) is 2. The van der Waals surface area contributed by atoms with Gasteiger partial charge in [-0.2, -0.15) is 0 Å². The zero-order valence-corrected chi connectivity index (χ0v) is 9.64. The van der Waals surface area contributed by atoms with Crippen LogP contribution in [0, 0.1) is 5.41 Å². The lowest BCUT2D eigenvalue weighted by atomic mass is 9.83. The highest BCUT2D eigenvalue weighted by Gasteiger charge is 2.25. The van der Waals surface area contributed by atoms with Crippen LogP contribution in [0.25, 0.3) is 0 Å². The number of unbranched alkanes of at least 4 members (excludes halogenated alkanes) is 4. The first-order valence-corrected chi connectivity index (χ1v) is 5.54. The number of ketones is 1. The molecule has 2 nitrogen and oxygen atoms in total. The molecule has 0 aromatic rings. The molecule has 0 aliphatic carbocycles. The molecule has 14 heavy (non-hydrogen) atoms. The molecule has 0 aliphatic heterocycles. The number of carbonyl (C=O) groups is 2. The molecular weight excluding hydrogens is 176 g/mol. The molecule has 0 aromatic carbocycles. The minimum absolute atomic E-state index is 0.270. The molecule has 0 radical (unpaired) electrons. The van der Waals surface area contributed by atoms with Crippen molar-refractivity contribution in [3.05, 3.63) is 0 Å². The van der Waals surface area contributed by atoms with E-state index < -0.39 is 5.41 Å². The molecule has 0 saturated heterocycles. The molecule has 0 saturated carbocycles. The zero-order valence-electron chi connectivity index (χ0n) is 9.64. The van der Waals surface area contributed by atoms with Crippen molar-refractivity contribution in [3.8, 4) is 0 Å². The second-order valence-corrected chi connectivity index (χ2v) is 4.53. The van der Waals surface area contributed by atoms with Gasteiger partial charge < -0.3 is 0 Å². The van der Waals surface area contributed by atoms with Crippen LogP contribution in [0.5, 0.6) is 0 Å². The number of carbonyl (C=O) groups excluding carboxylic acids is 2. The van der Waals surface area contributed by atoms with E-state index in [-0.39, 0.29) is 5.78 Å². The monoisotopic (exact) mass is 198 g/mol. The van der Waals surface area contributed by atoms with Gasteiger partial charge in [-0.3, -0.25) is 9.59 Å². The fourth-order valence-corrected chi connectivity index (χ4v) is 1.45. The van der Waals surface area contributed by atoms with Crippen LogP contribution in [0.15, 0.2) is 0 Å². The minimum atomic E-state index is -0.450. The molecule has 0 unspecified atom stereocenters. The highest BCUT2D eigenvalue weighted by molar-refractivity contribution is 6.27. The molecule has 0 spiro atoms.